The first-order valence-electron chi connectivity index (χ1n) is 6.10. The molecule has 1 amide bonds. The Morgan fingerprint density at radius 3 is 2.85 bits per heavy atom. The normalized spacial score (nSPS) is 19.9. The van der Waals surface area contributed by atoms with Crippen molar-refractivity contribution < 1.29 is 14.3 Å². The fourth-order valence-electron chi connectivity index (χ4n) is 1.86. The van der Waals surface area contributed by atoms with Crippen molar-refractivity contribution in [2.75, 3.05) is 27.4 Å². The highest BCUT2D eigenvalue weighted by Gasteiger charge is 2.29. The zero-order chi connectivity index (χ0) is 14.5. The third-order valence-corrected chi connectivity index (χ3v) is 3.48. The van der Waals surface area contributed by atoms with E-state index in [-0.39, 0.29) is 5.91 Å². The number of methoxy groups -OCH3 is 2. The van der Waals surface area contributed by atoms with E-state index in [2.05, 4.69) is 31.6 Å². The molecule has 6 nitrogen and oxygen atoms in total. The Kier molecular flexibility index (Phi) is 4.97. The zero-order valence-electron chi connectivity index (χ0n) is 11.3. The number of amides is 1. The maximum atomic E-state index is 12.0. The second kappa shape index (κ2) is 6.71. The minimum atomic E-state index is -0.446. The number of nitrogens with zero attached hydrogens (tertiary/aromatic N) is 1. The van der Waals surface area contributed by atoms with Gasteiger partial charge in [0, 0.05) is 7.11 Å². The van der Waals surface area contributed by atoms with Crippen LogP contribution in [0.4, 0.5) is 0 Å². The Hall–Kier alpha value is -1.60. The molecular formula is C13H16BrN3O3. The van der Waals surface area contributed by atoms with Gasteiger partial charge in [-0.1, -0.05) is 6.07 Å². The van der Waals surface area contributed by atoms with Gasteiger partial charge in [-0.25, -0.2) is 0 Å². The molecule has 0 aromatic heterocycles. The lowest BCUT2D eigenvalue weighted by molar-refractivity contribution is -0.120. The Balaban J connectivity index is 2.11. The number of carbonyl (C=O) groups is 1. The summed E-state index contributed by atoms with van der Waals surface area (Å²) in [5.74, 6) is 1.07. The highest BCUT2D eigenvalue weighted by atomic mass is 79.9. The Morgan fingerprint density at radius 2 is 2.20 bits per heavy atom. The van der Waals surface area contributed by atoms with E-state index >= 15 is 0 Å². The number of guanidine groups is 1. The summed E-state index contributed by atoms with van der Waals surface area (Å²) in [6, 6.07) is 5.07. The Labute approximate surface area is 125 Å². The van der Waals surface area contributed by atoms with Crippen LogP contribution in [0.15, 0.2) is 27.7 Å². The van der Waals surface area contributed by atoms with E-state index in [0.29, 0.717) is 19.1 Å². The molecule has 0 aliphatic carbocycles. The first-order chi connectivity index (χ1) is 9.65. The predicted molar refractivity (Wildman–Crippen MR) is 78.9 cm³/mol. The maximum Gasteiger partial charge on any atom is 0.253 e. The van der Waals surface area contributed by atoms with Gasteiger partial charge >= 0.3 is 0 Å². The van der Waals surface area contributed by atoms with Crippen molar-refractivity contribution in [3.8, 4) is 5.75 Å². The fraction of sp³-hybridized carbons (Fsp3) is 0.385. The number of hydrogen-bond acceptors (Lipinski definition) is 4. The smallest absolute Gasteiger partial charge is 0.253 e. The molecule has 1 aliphatic heterocycles. The van der Waals surface area contributed by atoms with Crippen LogP contribution in [0.1, 0.15) is 11.6 Å². The van der Waals surface area contributed by atoms with Crippen molar-refractivity contribution in [3.63, 3.8) is 0 Å². The van der Waals surface area contributed by atoms with Crippen LogP contribution >= 0.6 is 15.9 Å². The third kappa shape index (κ3) is 3.29. The minimum Gasteiger partial charge on any atom is -0.496 e. The molecule has 1 unspecified atom stereocenters. The van der Waals surface area contributed by atoms with E-state index in [1.165, 1.54) is 0 Å². The first-order valence-corrected chi connectivity index (χ1v) is 6.89. The van der Waals surface area contributed by atoms with Gasteiger partial charge in [0.2, 0.25) is 0 Å². The standard InChI is InChI=1S/C13H16BrN3O3/c1-19-6-5-15-13-16-11(12(18)17-13)8-3-4-10(20-2)9(14)7-8/h3-4,7,11H,5-6H2,1-2H3,(H2,15,16,17,18). The molecule has 2 rings (SSSR count). The molecule has 1 heterocycles. The van der Waals surface area contributed by atoms with Crippen LogP contribution in [0.25, 0.3) is 0 Å². The van der Waals surface area contributed by atoms with Crippen LogP contribution < -0.4 is 15.4 Å². The molecule has 0 radical (unpaired) electrons. The second-order valence-electron chi connectivity index (χ2n) is 4.18. The van der Waals surface area contributed by atoms with Gasteiger partial charge in [-0.05, 0) is 33.6 Å². The van der Waals surface area contributed by atoms with Crippen LogP contribution in [0, 0.1) is 0 Å². The summed E-state index contributed by atoms with van der Waals surface area (Å²) >= 11 is 3.41. The lowest BCUT2D eigenvalue weighted by atomic mass is 10.1. The summed E-state index contributed by atoms with van der Waals surface area (Å²) in [6.07, 6.45) is 0. The summed E-state index contributed by atoms with van der Waals surface area (Å²) in [6.45, 7) is 1.01. The summed E-state index contributed by atoms with van der Waals surface area (Å²) in [5.41, 5.74) is 0.840. The number of nitrogens with one attached hydrogen (secondary N) is 2. The molecule has 7 heteroatoms. The van der Waals surface area contributed by atoms with E-state index in [1.807, 2.05) is 18.2 Å². The lowest BCUT2D eigenvalue weighted by Crippen LogP contribution is -2.26. The summed E-state index contributed by atoms with van der Waals surface area (Å²) in [4.78, 5) is 16.2. The van der Waals surface area contributed by atoms with Crippen molar-refractivity contribution in [2.45, 2.75) is 6.04 Å². The van der Waals surface area contributed by atoms with Crippen molar-refractivity contribution in [1.82, 2.24) is 10.6 Å². The molecule has 1 aromatic rings. The topological polar surface area (TPSA) is 72.0 Å². The van der Waals surface area contributed by atoms with Crippen LogP contribution in [0.5, 0.6) is 5.75 Å². The number of carbonyl (C=O) groups excluding carboxylic acids is 1. The van der Waals surface area contributed by atoms with Crippen molar-refractivity contribution >= 4 is 27.8 Å². The fourth-order valence-corrected chi connectivity index (χ4v) is 2.42. The molecule has 108 valence electrons. The van der Waals surface area contributed by atoms with E-state index in [9.17, 15) is 4.79 Å². The van der Waals surface area contributed by atoms with Gasteiger partial charge in [-0.3, -0.25) is 15.1 Å². The summed E-state index contributed by atoms with van der Waals surface area (Å²) in [5, 5.41) is 5.76. The van der Waals surface area contributed by atoms with Gasteiger partial charge in [0.05, 0.1) is 24.7 Å². The minimum absolute atomic E-state index is 0.127. The van der Waals surface area contributed by atoms with Gasteiger partial charge in [-0.2, -0.15) is 0 Å². The average molecular weight is 342 g/mol. The first kappa shape index (κ1) is 14.8. The quantitative estimate of drug-likeness (QED) is 0.790. The highest BCUT2D eigenvalue weighted by Crippen LogP contribution is 2.28. The number of halogens is 1. The van der Waals surface area contributed by atoms with Gasteiger partial charge in [-0.15, -0.1) is 0 Å². The third-order valence-electron chi connectivity index (χ3n) is 2.86. The van der Waals surface area contributed by atoms with Gasteiger partial charge < -0.3 is 14.8 Å². The van der Waals surface area contributed by atoms with Crippen molar-refractivity contribution in [1.29, 1.82) is 0 Å². The van der Waals surface area contributed by atoms with E-state index in [0.717, 1.165) is 15.8 Å². The molecule has 2 N–H and O–H groups in total. The van der Waals surface area contributed by atoms with Crippen LogP contribution in [0.3, 0.4) is 0 Å². The summed E-state index contributed by atoms with van der Waals surface area (Å²) < 4.78 is 10.9. The largest absolute Gasteiger partial charge is 0.496 e. The maximum absolute atomic E-state index is 12.0. The van der Waals surface area contributed by atoms with Crippen LogP contribution in [-0.2, 0) is 9.53 Å². The van der Waals surface area contributed by atoms with E-state index in [4.69, 9.17) is 9.47 Å². The molecule has 0 saturated carbocycles. The Morgan fingerprint density at radius 1 is 1.40 bits per heavy atom. The van der Waals surface area contributed by atoms with Gasteiger partial charge in [0.1, 0.15) is 11.8 Å². The highest BCUT2D eigenvalue weighted by molar-refractivity contribution is 9.10. The number of aliphatic imine (C=N–C) groups is 1. The molecule has 1 saturated heterocycles. The number of hydrogen-bond donors (Lipinski definition) is 2. The van der Waals surface area contributed by atoms with Gasteiger partial charge in [0.15, 0.2) is 5.96 Å². The summed E-state index contributed by atoms with van der Waals surface area (Å²) in [7, 11) is 3.21. The molecule has 0 spiro atoms. The van der Waals surface area contributed by atoms with Crippen LogP contribution in [0.2, 0.25) is 0 Å². The van der Waals surface area contributed by atoms with E-state index in [1.54, 1.807) is 14.2 Å². The lowest BCUT2D eigenvalue weighted by Gasteiger charge is -2.10. The molecule has 1 atom stereocenters. The van der Waals surface area contributed by atoms with E-state index < -0.39 is 6.04 Å². The number of benzene rings is 1. The number of rotatable bonds is 5. The van der Waals surface area contributed by atoms with Crippen LogP contribution in [-0.4, -0.2) is 39.2 Å². The molecule has 0 bridgehead atoms. The molecule has 1 fully saturated rings. The number of ether oxygens (including phenoxy) is 2. The average Bonchev–Trinajstić information content (AvgIpc) is 2.80. The molecule has 1 aromatic carbocycles. The predicted octanol–water partition coefficient (Wildman–Crippen LogP) is 1.22. The monoisotopic (exact) mass is 341 g/mol. The van der Waals surface area contributed by atoms with Crippen molar-refractivity contribution in [2.24, 2.45) is 4.99 Å². The van der Waals surface area contributed by atoms with Crippen molar-refractivity contribution in [3.05, 3.63) is 28.2 Å². The molecular weight excluding hydrogens is 326 g/mol. The van der Waals surface area contributed by atoms with Gasteiger partial charge in [0.25, 0.3) is 5.91 Å². The molecule has 1 aliphatic rings. The molecule has 20 heavy (non-hydrogen) atoms. The Bertz CT molecular complexity index is 534. The second-order valence-corrected chi connectivity index (χ2v) is 5.04. The zero-order valence-corrected chi connectivity index (χ0v) is 12.9. The SMILES string of the molecule is COCCN=C1NC(=O)C(c2ccc(OC)c(Br)c2)N1.